The van der Waals surface area contributed by atoms with Gasteiger partial charge in [0.2, 0.25) is 0 Å². The van der Waals surface area contributed by atoms with Crippen molar-refractivity contribution < 1.29 is 9.84 Å². The fourth-order valence-electron chi connectivity index (χ4n) is 1.81. The predicted molar refractivity (Wildman–Crippen MR) is 65.8 cm³/mol. The van der Waals surface area contributed by atoms with Gasteiger partial charge in [0.1, 0.15) is 5.75 Å². The lowest BCUT2D eigenvalue weighted by atomic mass is 10.0. The molecule has 0 spiro atoms. The van der Waals surface area contributed by atoms with Crippen LogP contribution in [0.15, 0.2) is 36.4 Å². The van der Waals surface area contributed by atoms with E-state index in [4.69, 9.17) is 4.74 Å². The van der Waals surface area contributed by atoms with Gasteiger partial charge in [-0.25, -0.2) is 0 Å². The molecule has 0 saturated heterocycles. The van der Waals surface area contributed by atoms with E-state index in [2.05, 4.69) is 0 Å². The van der Waals surface area contributed by atoms with E-state index >= 15 is 0 Å². The Morgan fingerprint density at radius 1 is 1.12 bits per heavy atom. The molecule has 2 rings (SSSR count). The molecule has 1 atom stereocenters. The molecule has 0 fully saturated rings. The highest BCUT2D eigenvalue weighted by Crippen LogP contribution is 2.25. The highest BCUT2D eigenvalue weighted by molar-refractivity contribution is 5.84. The summed E-state index contributed by atoms with van der Waals surface area (Å²) in [6, 6.07) is 12.0. The van der Waals surface area contributed by atoms with Gasteiger partial charge >= 0.3 is 0 Å². The minimum Gasteiger partial charge on any atom is -0.497 e. The van der Waals surface area contributed by atoms with Crippen LogP contribution in [0.5, 0.6) is 5.75 Å². The van der Waals surface area contributed by atoms with Gasteiger partial charge in [0, 0.05) is 0 Å². The first-order valence-electron chi connectivity index (χ1n) is 5.50. The predicted octanol–water partition coefficient (Wildman–Crippen LogP) is 3.29. The van der Waals surface area contributed by atoms with Crippen molar-refractivity contribution in [2.24, 2.45) is 0 Å². The van der Waals surface area contributed by atoms with E-state index < -0.39 is 0 Å². The Labute approximate surface area is 95.5 Å². The van der Waals surface area contributed by atoms with Gasteiger partial charge < -0.3 is 9.84 Å². The van der Waals surface area contributed by atoms with Crippen molar-refractivity contribution in [2.45, 2.75) is 19.4 Å². The molecule has 1 N–H and O–H groups in total. The minimum absolute atomic E-state index is 0.369. The summed E-state index contributed by atoms with van der Waals surface area (Å²) < 4.78 is 5.17. The Kier molecular flexibility index (Phi) is 3.11. The molecule has 2 heteroatoms. The van der Waals surface area contributed by atoms with Crippen molar-refractivity contribution in [2.75, 3.05) is 7.11 Å². The molecular formula is C14H16O2. The molecule has 2 nitrogen and oxygen atoms in total. The number of aliphatic hydroxyl groups excluding tert-OH is 1. The van der Waals surface area contributed by atoms with Crippen LogP contribution in [0.2, 0.25) is 0 Å². The number of fused-ring (bicyclic) bond motifs is 1. The number of methoxy groups -OCH3 is 1. The van der Waals surface area contributed by atoms with Crippen LogP contribution >= 0.6 is 0 Å². The van der Waals surface area contributed by atoms with Crippen molar-refractivity contribution in [3.63, 3.8) is 0 Å². The van der Waals surface area contributed by atoms with Crippen LogP contribution in [0.25, 0.3) is 10.8 Å². The number of aliphatic hydroxyl groups is 1. The molecule has 0 aliphatic carbocycles. The Bertz CT molecular complexity index is 491. The third kappa shape index (κ3) is 2.02. The van der Waals surface area contributed by atoms with Gasteiger partial charge in [0.05, 0.1) is 13.2 Å². The second-order valence-corrected chi connectivity index (χ2v) is 3.90. The van der Waals surface area contributed by atoms with E-state index in [1.807, 2.05) is 43.3 Å². The Morgan fingerprint density at radius 2 is 1.81 bits per heavy atom. The summed E-state index contributed by atoms with van der Waals surface area (Å²) in [7, 11) is 1.66. The SMILES string of the molecule is CC[C@@H](O)c1ccc2cc(OC)ccc2c1. The van der Waals surface area contributed by atoms with Crippen LogP contribution in [-0.2, 0) is 0 Å². The van der Waals surface area contributed by atoms with Crippen molar-refractivity contribution in [1.82, 2.24) is 0 Å². The van der Waals surface area contributed by atoms with Crippen LogP contribution in [0.1, 0.15) is 25.0 Å². The molecule has 0 radical (unpaired) electrons. The number of hydrogen-bond acceptors (Lipinski definition) is 2. The van der Waals surface area contributed by atoms with Gasteiger partial charge in [-0.15, -0.1) is 0 Å². The molecule has 2 aromatic carbocycles. The summed E-state index contributed by atoms with van der Waals surface area (Å²) in [6.45, 7) is 1.98. The number of hydrogen-bond donors (Lipinski definition) is 1. The standard InChI is InChI=1S/C14H16O2/c1-3-14(15)12-5-4-11-9-13(16-2)7-6-10(11)8-12/h4-9,14-15H,3H2,1-2H3/t14-/m1/s1. The first kappa shape index (κ1) is 11.0. The molecule has 2 aromatic rings. The first-order valence-corrected chi connectivity index (χ1v) is 5.50. The van der Waals surface area contributed by atoms with Gasteiger partial charge in [-0.2, -0.15) is 0 Å². The fourth-order valence-corrected chi connectivity index (χ4v) is 1.81. The Morgan fingerprint density at radius 3 is 2.50 bits per heavy atom. The average molecular weight is 216 g/mol. The molecule has 0 aliphatic heterocycles. The lowest BCUT2D eigenvalue weighted by molar-refractivity contribution is 0.174. The minimum atomic E-state index is -0.369. The van der Waals surface area contributed by atoms with E-state index in [9.17, 15) is 5.11 Å². The first-order chi connectivity index (χ1) is 7.74. The van der Waals surface area contributed by atoms with E-state index in [0.717, 1.165) is 28.5 Å². The third-order valence-electron chi connectivity index (χ3n) is 2.84. The number of ether oxygens (including phenoxy) is 1. The van der Waals surface area contributed by atoms with E-state index in [-0.39, 0.29) is 6.10 Å². The lowest BCUT2D eigenvalue weighted by Crippen LogP contribution is -1.94. The molecule has 0 unspecified atom stereocenters. The maximum atomic E-state index is 9.76. The van der Waals surface area contributed by atoms with Gasteiger partial charge in [0.15, 0.2) is 0 Å². The zero-order valence-electron chi connectivity index (χ0n) is 9.60. The Hall–Kier alpha value is -1.54. The van der Waals surface area contributed by atoms with Crippen LogP contribution < -0.4 is 4.74 Å². The maximum Gasteiger partial charge on any atom is 0.119 e. The Balaban J connectivity index is 2.47. The van der Waals surface area contributed by atoms with Gasteiger partial charge in [-0.05, 0) is 41.0 Å². The zero-order valence-corrected chi connectivity index (χ0v) is 9.60. The maximum absolute atomic E-state index is 9.76. The lowest BCUT2D eigenvalue weighted by Gasteiger charge is -2.09. The van der Waals surface area contributed by atoms with E-state index in [0.29, 0.717) is 0 Å². The molecule has 0 saturated carbocycles. The van der Waals surface area contributed by atoms with Crippen molar-refractivity contribution in [3.05, 3.63) is 42.0 Å². The molecule has 0 aliphatic rings. The third-order valence-corrected chi connectivity index (χ3v) is 2.84. The van der Waals surface area contributed by atoms with Crippen molar-refractivity contribution in [1.29, 1.82) is 0 Å². The van der Waals surface area contributed by atoms with Crippen LogP contribution in [0.3, 0.4) is 0 Å². The van der Waals surface area contributed by atoms with E-state index in [1.54, 1.807) is 7.11 Å². The highest BCUT2D eigenvalue weighted by atomic mass is 16.5. The van der Waals surface area contributed by atoms with Crippen LogP contribution in [0, 0.1) is 0 Å². The largest absolute Gasteiger partial charge is 0.497 e. The number of benzene rings is 2. The molecule has 84 valence electrons. The van der Waals surface area contributed by atoms with E-state index in [1.165, 1.54) is 0 Å². The summed E-state index contributed by atoms with van der Waals surface area (Å²) in [5.74, 6) is 0.858. The second-order valence-electron chi connectivity index (χ2n) is 3.90. The monoisotopic (exact) mass is 216 g/mol. The van der Waals surface area contributed by atoms with Crippen molar-refractivity contribution >= 4 is 10.8 Å². The summed E-state index contributed by atoms with van der Waals surface area (Å²) in [6.07, 6.45) is 0.369. The fraction of sp³-hybridized carbons (Fsp3) is 0.286. The molecule has 0 heterocycles. The second kappa shape index (κ2) is 4.54. The average Bonchev–Trinajstić information content (AvgIpc) is 2.36. The van der Waals surface area contributed by atoms with Gasteiger partial charge in [0.25, 0.3) is 0 Å². The molecule has 0 aromatic heterocycles. The topological polar surface area (TPSA) is 29.5 Å². The quantitative estimate of drug-likeness (QED) is 0.853. The summed E-state index contributed by atoms with van der Waals surface area (Å²) in [5, 5.41) is 12.0. The molecular weight excluding hydrogens is 200 g/mol. The smallest absolute Gasteiger partial charge is 0.119 e. The van der Waals surface area contributed by atoms with Gasteiger partial charge in [-0.3, -0.25) is 0 Å². The number of rotatable bonds is 3. The van der Waals surface area contributed by atoms with Gasteiger partial charge in [-0.1, -0.05) is 25.1 Å². The zero-order chi connectivity index (χ0) is 11.5. The molecule has 0 bridgehead atoms. The van der Waals surface area contributed by atoms with Crippen LogP contribution in [0.4, 0.5) is 0 Å². The molecule has 0 amide bonds. The van der Waals surface area contributed by atoms with Crippen molar-refractivity contribution in [3.8, 4) is 5.75 Å². The summed E-state index contributed by atoms with van der Waals surface area (Å²) in [4.78, 5) is 0. The van der Waals surface area contributed by atoms with Crippen LogP contribution in [-0.4, -0.2) is 12.2 Å². The summed E-state index contributed by atoms with van der Waals surface area (Å²) >= 11 is 0. The summed E-state index contributed by atoms with van der Waals surface area (Å²) in [5.41, 5.74) is 0.972. The molecule has 16 heavy (non-hydrogen) atoms. The normalized spacial score (nSPS) is 12.7. The highest BCUT2D eigenvalue weighted by Gasteiger charge is 2.05.